The second kappa shape index (κ2) is 9.69. The number of amides is 2. The van der Waals surface area contributed by atoms with Crippen molar-refractivity contribution < 1.29 is 35.9 Å². The highest BCUT2D eigenvalue weighted by atomic mass is 35.5. The number of rotatable bonds is 6. The van der Waals surface area contributed by atoms with E-state index in [2.05, 4.69) is 15.4 Å². The van der Waals surface area contributed by atoms with Crippen molar-refractivity contribution in [2.45, 2.75) is 29.4 Å². The Morgan fingerprint density at radius 1 is 1.11 bits per heavy atom. The first-order chi connectivity index (χ1) is 16.5. The molecule has 0 saturated heterocycles. The van der Waals surface area contributed by atoms with Gasteiger partial charge in [-0.05, 0) is 55.2 Å². The molecule has 2 aliphatic carbocycles. The summed E-state index contributed by atoms with van der Waals surface area (Å²) in [6.07, 6.45) is 1.44. The van der Waals surface area contributed by atoms with E-state index in [9.17, 15) is 31.2 Å². The van der Waals surface area contributed by atoms with Gasteiger partial charge in [0.2, 0.25) is 0 Å². The molecule has 2 saturated carbocycles. The van der Waals surface area contributed by atoms with Gasteiger partial charge in [-0.15, -0.1) is 0 Å². The van der Waals surface area contributed by atoms with Crippen LogP contribution in [0.2, 0.25) is 5.02 Å². The molecule has 35 heavy (non-hydrogen) atoms. The van der Waals surface area contributed by atoms with Gasteiger partial charge in [0.15, 0.2) is 27.3 Å². The summed E-state index contributed by atoms with van der Waals surface area (Å²) in [5, 5.41) is 4.08. The molecule has 0 spiro atoms. The Kier molecular flexibility index (Phi) is 7.01. The van der Waals surface area contributed by atoms with Crippen molar-refractivity contribution in [2.75, 3.05) is 19.0 Å². The molecule has 4 rings (SSSR count). The molecule has 12 heteroatoms. The first kappa shape index (κ1) is 25.3. The molecule has 2 amide bonds. The maximum atomic E-state index is 13.6. The van der Waals surface area contributed by atoms with E-state index in [0.717, 1.165) is 12.5 Å². The standard InChI is InChI=1S/C23H22ClF3N2O5S/c1-34-23(31)28-10-13-6-11-2-4-15(13)21(11)35(32,33)19-7-12(3-5-16(19)24)22(30)29-14-8-17(25)20(27)18(26)9-14/h3,5,7-9,11,13,15,21H,2,4,6,10H2,1H3,(H,28,31)(H,29,30)/t11?,13-,15?,21-/m1/s1. The van der Waals surface area contributed by atoms with Gasteiger partial charge in [-0.2, -0.15) is 0 Å². The highest BCUT2D eigenvalue weighted by Crippen LogP contribution is 2.53. The van der Waals surface area contributed by atoms with Crippen molar-refractivity contribution in [3.8, 4) is 0 Å². The number of carbonyl (C=O) groups is 2. The number of carbonyl (C=O) groups excluding carboxylic acids is 2. The van der Waals surface area contributed by atoms with Gasteiger partial charge < -0.3 is 15.4 Å². The van der Waals surface area contributed by atoms with Crippen LogP contribution in [0, 0.1) is 35.2 Å². The van der Waals surface area contributed by atoms with Gasteiger partial charge in [-0.1, -0.05) is 11.6 Å². The van der Waals surface area contributed by atoms with Gasteiger partial charge >= 0.3 is 6.09 Å². The van der Waals surface area contributed by atoms with E-state index >= 15 is 0 Å². The van der Waals surface area contributed by atoms with Crippen molar-refractivity contribution in [1.29, 1.82) is 0 Å². The maximum Gasteiger partial charge on any atom is 0.406 e. The van der Waals surface area contributed by atoms with Crippen LogP contribution in [0.4, 0.5) is 23.7 Å². The molecule has 2 aromatic rings. The van der Waals surface area contributed by atoms with Crippen molar-refractivity contribution in [3.05, 3.63) is 58.4 Å². The van der Waals surface area contributed by atoms with Gasteiger partial charge in [0.25, 0.3) is 5.91 Å². The zero-order valence-corrected chi connectivity index (χ0v) is 20.1. The molecule has 4 atom stereocenters. The zero-order chi connectivity index (χ0) is 25.5. The lowest BCUT2D eigenvalue weighted by atomic mass is 9.89. The minimum atomic E-state index is -3.96. The quantitative estimate of drug-likeness (QED) is 0.533. The van der Waals surface area contributed by atoms with E-state index in [-0.39, 0.29) is 38.9 Å². The summed E-state index contributed by atoms with van der Waals surface area (Å²) in [5.41, 5.74) is -0.437. The molecular weight excluding hydrogens is 509 g/mol. The molecule has 2 bridgehead atoms. The number of anilines is 1. The Labute approximate surface area is 204 Å². The molecule has 0 heterocycles. The zero-order valence-electron chi connectivity index (χ0n) is 18.5. The minimum Gasteiger partial charge on any atom is -0.453 e. The lowest BCUT2D eigenvalue weighted by Gasteiger charge is -2.22. The summed E-state index contributed by atoms with van der Waals surface area (Å²) >= 11 is 6.23. The number of ether oxygens (including phenoxy) is 1. The monoisotopic (exact) mass is 530 g/mol. The summed E-state index contributed by atoms with van der Waals surface area (Å²) in [6, 6.07) is 4.90. The smallest absolute Gasteiger partial charge is 0.406 e. The van der Waals surface area contributed by atoms with Crippen LogP contribution in [0.5, 0.6) is 0 Å². The highest BCUT2D eigenvalue weighted by molar-refractivity contribution is 7.92. The Hall–Kier alpha value is -2.79. The second-order valence-corrected chi connectivity index (χ2v) is 11.2. The molecule has 2 aromatic carbocycles. The Bertz CT molecular complexity index is 1270. The van der Waals surface area contributed by atoms with Crippen molar-refractivity contribution in [2.24, 2.45) is 17.8 Å². The number of hydrogen-bond acceptors (Lipinski definition) is 5. The van der Waals surface area contributed by atoms with Crippen LogP contribution in [-0.2, 0) is 14.6 Å². The van der Waals surface area contributed by atoms with Crippen molar-refractivity contribution in [1.82, 2.24) is 5.32 Å². The summed E-state index contributed by atoms with van der Waals surface area (Å²) in [7, 11) is -2.71. The van der Waals surface area contributed by atoms with E-state index in [1.54, 1.807) is 0 Å². The van der Waals surface area contributed by atoms with Crippen LogP contribution >= 0.6 is 11.6 Å². The van der Waals surface area contributed by atoms with Gasteiger partial charge in [-0.25, -0.2) is 26.4 Å². The molecule has 0 aliphatic heterocycles. The van der Waals surface area contributed by atoms with E-state index in [4.69, 9.17) is 11.6 Å². The molecule has 0 aromatic heterocycles. The lowest BCUT2D eigenvalue weighted by molar-refractivity contribution is 0.102. The predicted molar refractivity (Wildman–Crippen MR) is 121 cm³/mol. The number of halogens is 4. The van der Waals surface area contributed by atoms with Gasteiger partial charge in [0.05, 0.1) is 22.3 Å². The number of methoxy groups -OCH3 is 1. The first-order valence-corrected chi connectivity index (χ1v) is 12.8. The fraction of sp³-hybridized carbons (Fsp3) is 0.391. The molecule has 188 valence electrons. The van der Waals surface area contributed by atoms with Crippen LogP contribution < -0.4 is 10.6 Å². The Morgan fingerprint density at radius 3 is 2.46 bits per heavy atom. The third kappa shape index (κ3) is 4.84. The number of hydrogen-bond donors (Lipinski definition) is 2. The first-order valence-electron chi connectivity index (χ1n) is 10.8. The van der Waals surface area contributed by atoms with Crippen LogP contribution in [0.25, 0.3) is 0 Å². The molecule has 2 aliphatic rings. The molecule has 2 fully saturated rings. The summed E-state index contributed by atoms with van der Waals surface area (Å²) < 4.78 is 72.0. The highest BCUT2D eigenvalue weighted by Gasteiger charge is 2.54. The third-order valence-corrected chi connectivity index (χ3v) is 9.61. The predicted octanol–water partition coefficient (Wildman–Crippen LogP) is 4.55. The summed E-state index contributed by atoms with van der Waals surface area (Å²) in [4.78, 5) is 23.9. The molecule has 7 nitrogen and oxygen atoms in total. The number of sulfone groups is 1. The number of fused-ring (bicyclic) bond motifs is 2. The van der Waals surface area contributed by atoms with Crippen LogP contribution in [0.15, 0.2) is 35.2 Å². The fourth-order valence-electron chi connectivity index (χ4n) is 5.25. The van der Waals surface area contributed by atoms with E-state index < -0.39 is 44.5 Å². The summed E-state index contributed by atoms with van der Waals surface area (Å²) in [6.45, 7) is 0.292. The normalized spacial score (nSPS) is 23.2. The molecule has 2 N–H and O–H groups in total. The Morgan fingerprint density at radius 2 is 1.80 bits per heavy atom. The molecule has 0 radical (unpaired) electrons. The van der Waals surface area contributed by atoms with E-state index in [1.165, 1.54) is 19.2 Å². The van der Waals surface area contributed by atoms with Gasteiger partial charge in [-0.3, -0.25) is 4.79 Å². The number of alkyl carbamates (subject to hydrolysis) is 1. The SMILES string of the molecule is COC(=O)NC[C@H]1CC2CCC1[C@@H]2S(=O)(=O)c1cc(C(=O)Nc2cc(F)c(F)c(F)c2)ccc1Cl. The lowest BCUT2D eigenvalue weighted by Crippen LogP contribution is -2.33. The fourth-order valence-corrected chi connectivity index (χ4v) is 8.19. The van der Waals surface area contributed by atoms with Crippen LogP contribution in [0.1, 0.15) is 29.6 Å². The topological polar surface area (TPSA) is 102 Å². The minimum absolute atomic E-state index is 0.0406. The second-order valence-electron chi connectivity index (χ2n) is 8.73. The van der Waals surface area contributed by atoms with Gasteiger partial charge in [0, 0.05) is 29.9 Å². The Balaban J connectivity index is 1.57. The molecular formula is C23H22ClF3N2O5S. The average Bonchev–Trinajstić information content (AvgIpc) is 3.40. The van der Waals surface area contributed by atoms with Crippen molar-refractivity contribution in [3.63, 3.8) is 0 Å². The van der Waals surface area contributed by atoms with Gasteiger partial charge in [0.1, 0.15) is 0 Å². The summed E-state index contributed by atoms with van der Waals surface area (Å²) in [5.74, 6) is -5.83. The number of benzene rings is 2. The third-order valence-electron chi connectivity index (χ3n) is 6.76. The van der Waals surface area contributed by atoms with E-state index in [0.29, 0.717) is 31.5 Å². The van der Waals surface area contributed by atoms with E-state index in [1.807, 2.05) is 0 Å². The van der Waals surface area contributed by atoms with Crippen LogP contribution in [0.3, 0.4) is 0 Å². The average molecular weight is 531 g/mol. The van der Waals surface area contributed by atoms with Crippen LogP contribution in [-0.4, -0.2) is 39.3 Å². The van der Waals surface area contributed by atoms with Crippen molar-refractivity contribution >= 4 is 39.1 Å². The molecule has 2 unspecified atom stereocenters. The maximum absolute atomic E-state index is 13.6. The largest absolute Gasteiger partial charge is 0.453 e. The number of nitrogens with one attached hydrogen (secondary N) is 2.